The Morgan fingerprint density at radius 3 is 2.85 bits per heavy atom. The second kappa shape index (κ2) is 5.02. The number of nitrogens with one attached hydrogen (secondary N) is 1. The maximum atomic E-state index is 4.48. The third-order valence-corrected chi connectivity index (χ3v) is 4.33. The lowest BCUT2D eigenvalue weighted by atomic mass is 9.79. The summed E-state index contributed by atoms with van der Waals surface area (Å²) < 4.78 is 2.15. The van der Waals surface area contributed by atoms with E-state index in [0.717, 1.165) is 19.5 Å². The molecule has 106 valence electrons. The summed E-state index contributed by atoms with van der Waals surface area (Å²) in [6, 6.07) is 4.70. The molecule has 1 N–H and O–H groups in total. The van der Waals surface area contributed by atoms with Gasteiger partial charge in [0.25, 0.3) is 0 Å². The van der Waals surface area contributed by atoms with Gasteiger partial charge in [-0.2, -0.15) is 5.10 Å². The molecule has 2 aromatic heterocycles. The molecular weight excluding hydrogens is 248 g/mol. The molecule has 1 aliphatic heterocycles. The van der Waals surface area contributed by atoms with E-state index in [1.54, 1.807) is 0 Å². The highest BCUT2D eigenvalue weighted by Crippen LogP contribution is 2.29. The molecule has 0 bridgehead atoms. The van der Waals surface area contributed by atoms with Gasteiger partial charge in [0.2, 0.25) is 0 Å². The minimum Gasteiger partial charge on any atom is -0.306 e. The fourth-order valence-corrected chi connectivity index (χ4v) is 3.08. The van der Waals surface area contributed by atoms with Crippen LogP contribution >= 0.6 is 0 Å². The summed E-state index contributed by atoms with van der Waals surface area (Å²) in [5.41, 5.74) is 4.09. The molecule has 3 heterocycles. The van der Waals surface area contributed by atoms with Crippen molar-refractivity contribution < 1.29 is 0 Å². The molecule has 20 heavy (non-hydrogen) atoms. The largest absolute Gasteiger partial charge is 0.306 e. The molecule has 0 aromatic carbocycles. The maximum absolute atomic E-state index is 4.48. The van der Waals surface area contributed by atoms with E-state index in [2.05, 4.69) is 53.0 Å². The summed E-state index contributed by atoms with van der Waals surface area (Å²) in [5.74, 6) is 0. The summed E-state index contributed by atoms with van der Waals surface area (Å²) in [4.78, 5) is 4.11. The van der Waals surface area contributed by atoms with Gasteiger partial charge in [0.05, 0.1) is 18.4 Å². The average Bonchev–Trinajstić information content (AvgIpc) is 2.80. The summed E-state index contributed by atoms with van der Waals surface area (Å²) in [6.07, 6.45) is 6.81. The van der Waals surface area contributed by atoms with Crippen LogP contribution in [0, 0.1) is 6.92 Å². The van der Waals surface area contributed by atoms with E-state index in [-0.39, 0.29) is 5.41 Å². The molecule has 0 saturated carbocycles. The van der Waals surface area contributed by atoms with Crippen molar-refractivity contribution in [3.63, 3.8) is 0 Å². The van der Waals surface area contributed by atoms with Gasteiger partial charge in [-0.1, -0.05) is 13.8 Å². The number of fused-ring (bicyclic) bond motifs is 1. The van der Waals surface area contributed by atoms with Gasteiger partial charge in [-0.3, -0.25) is 9.67 Å². The van der Waals surface area contributed by atoms with Crippen LogP contribution < -0.4 is 5.32 Å². The molecule has 1 atom stereocenters. The molecule has 3 rings (SSSR count). The zero-order chi connectivity index (χ0) is 14.2. The SMILES string of the molecule is Cc1cnn2c1CNC(CC(C)(C)c1ccncc1)C2. The van der Waals surface area contributed by atoms with Crippen LogP contribution in [0.4, 0.5) is 0 Å². The number of rotatable bonds is 3. The zero-order valence-electron chi connectivity index (χ0n) is 12.4. The van der Waals surface area contributed by atoms with Crippen molar-refractivity contribution in [2.75, 3.05) is 0 Å². The van der Waals surface area contributed by atoms with E-state index in [4.69, 9.17) is 0 Å². The van der Waals surface area contributed by atoms with Crippen LogP contribution in [0.3, 0.4) is 0 Å². The first-order valence-electron chi connectivity index (χ1n) is 7.21. The monoisotopic (exact) mass is 270 g/mol. The Labute approximate surface area is 120 Å². The van der Waals surface area contributed by atoms with Crippen LogP contribution in [0.2, 0.25) is 0 Å². The van der Waals surface area contributed by atoms with Gasteiger partial charge in [-0.05, 0) is 42.0 Å². The number of aromatic nitrogens is 3. The van der Waals surface area contributed by atoms with Gasteiger partial charge >= 0.3 is 0 Å². The first-order valence-corrected chi connectivity index (χ1v) is 7.21. The third-order valence-electron chi connectivity index (χ3n) is 4.33. The van der Waals surface area contributed by atoms with Crippen LogP contribution in [0.25, 0.3) is 0 Å². The lowest BCUT2D eigenvalue weighted by molar-refractivity contribution is 0.299. The Morgan fingerprint density at radius 2 is 2.10 bits per heavy atom. The van der Waals surface area contributed by atoms with Crippen LogP contribution in [-0.2, 0) is 18.5 Å². The first kappa shape index (κ1) is 13.3. The van der Waals surface area contributed by atoms with Crippen molar-refractivity contribution in [3.8, 4) is 0 Å². The molecule has 4 nitrogen and oxygen atoms in total. The molecule has 1 unspecified atom stereocenters. The summed E-state index contributed by atoms with van der Waals surface area (Å²) in [5, 5.41) is 8.13. The zero-order valence-corrected chi connectivity index (χ0v) is 12.4. The van der Waals surface area contributed by atoms with Crippen molar-refractivity contribution in [1.29, 1.82) is 0 Å². The lowest BCUT2D eigenvalue weighted by Gasteiger charge is -2.33. The quantitative estimate of drug-likeness (QED) is 0.931. The fraction of sp³-hybridized carbons (Fsp3) is 0.500. The van der Waals surface area contributed by atoms with E-state index >= 15 is 0 Å². The van der Waals surface area contributed by atoms with Gasteiger partial charge < -0.3 is 5.32 Å². The van der Waals surface area contributed by atoms with Gasteiger partial charge in [0, 0.05) is 25.0 Å². The highest BCUT2D eigenvalue weighted by atomic mass is 15.3. The molecule has 0 fully saturated rings. The van der Waals surface area contributed by atoms with E-state index in [1.807, 2.05) is 18.6 Å². The van der Waals surface area contributed by atoms with Crippen LogP contribution in [-0.4, -0.2) is 20.8 Å². The van der Waals surface area contributed by atoms with Gasteiger partial charge in [-0.25, -0.2) is 0 Å². The Kier molecular flexibility index (Phi) is 3.34. The highest BCUT2D eigenvalue weighted by molar-refractivity contribution is 5.22. The summed E-state index contributed by atoms with van der Waals surface area (Å²) in [7, 11) is 0. The summed E-state index contributed by atoms with van der Waals surface area (Å²) in [6.45, 7) is 8.60. The van der Waals surface area contributed by atoms with Crippen molar-refractivity contribution >= 4 is 0 Å². The Morgan fingerprint density at radius 1 is 1.35 bits per heavy atom. The summed E-state index contributed by atoms with van der Waals surface area (Å²) >= 11 is 0. The third kappa shape index (κ3) is 2.48. The molecule has 4 heteroatoms. The number of aryl methyl sites for hydroxylation is 1. The maximum Gasteiger partial charge on any atom is 0.0567 e. The Hall–Kier alpha value is -1.68. The van der Waals surface area contributed by atoms with Crippen molar-refractivity contribution in [3.05, 3.63) is 47.5 Å². The average molecular weight is 270 g/mol. The van der Waals surface area contributed by atoms with Gasteiger partial charge in [0.15, 0.2) is 0 Å². The Bertz CT molecular complexity index is 586. The minimum absolute atomic E-state index is 0.139. The number of hydrogen-bond donors (Lipinski definition) is 1. The molecule has 0 amide bonds. The fourth-order valence-electron chi connectivity index (χ4n) is 3.08. The molecule has 2 aromatic rings. The van der Waals surface area contributed by atoms with Gasteiger partial charge in [-0.15, -0.1) is 0 Å². The number of pyridine rings is 1. The van der Waals surface area contributed by atoms with E-state index in [9.17, 15) is 0 Å². The van der Waals surface area contributed by atoms with Crippen molar-refractivity contribution in [2.24, 2.45) is 0 Å². The van der Waals surface area contributed by atoms with Crippen LogP contribution in [0.5, 0.6) is 0 Å². The molecule has 0 spiro atoms. The second-order valence-electron chi connectivity index (χ2n) is 6.36. The van der Waals surface area contributed by atoms with E-state index in [0.29, 0.717) is 6.04 Å². The topological polar surface area (TPSA) is 42.7 Å². The van der Waals surface area contributed by atoms with Gasteiger partial charge in [0.1, 0.15) is 0 Å². The molecule has 1 aliphatic rings. The number of nitrogens with zero attached hydrogens (tertiary/aromatic N) is 3. The predicted molar refractivity (Wildman–Crippen MR) is 79.5 cm³/mol. The molecule has 0 aliphatic carbocycles. The molecule has 0 saturated heterocycles. The number of hydrogen-bond acceptors (Lipinski definition) is 3. The molecular formula is C16H22N4. The van der Waals surface area contributed by atoms with Crippen molar-refractivity contribution in [1.82, 2.24) is 20.1 Å². The van der Waals surface area contributed by atoms with Crippen LogP contribution in [0.15, 0.2) is 30.7 Å². The normalized spacial score (nSPS) is 18.9. The highest BCUT2D eigenvalue weighted by Gasteiger charge is 2.28. The Balaban J connectivity index is 1.73. The lowest BCUT2D eigenvalue weighted by Crippen LogP contribution is -2.42. The standard InChI is InChI=1S/C16H22N4/c1-12-9-19-20-11-14(18-10-15(12)20)8-16(2,3)13-4-6-17-7-5-13/h4-7,9,14,18H,8,10-11H2,1-3H3. The minimum atomic E-state index is 0.139. The van der Waals surface area contributed by atoms with E-state index < -0.39 is 0 Å². The predicted octanol–water partition coefficient (Wildman–Crippen LogP) is 2.43. The van der Waals surface area contributed by atoms with E-state index in [1.165, 1.54) is 16.8 Å². The molecule has 0 radical (unpaired) electrons. The van der Waals surface area contributed by atoms with Crippen LogP contribution in [0.1, 0.15) is 37.1 Å². The smallest absolute Gasteiger partial charge is 0.0567 e. The first-order chi connectivity index (χ1) is 9.56. The second-order valence-corrected chi connectivity index (χ2v) is 6.36. The van der Waals surface area contributed by atoms with Crippen molar-refractivity contribution in [2.45, 2.75) is 51.7 Å².